The summed E-state index contributed by atoms with van der Waals surface area (Å²) in [7, 11) is 1.58. The van der Waals surface area contributed by atoms with E-state index in [1.807, 2.05) is 13.0 Å². The molecule has 0 bridgehead atoms. The summed E-state index contributed by atoms with van der Waals surface area (Å²) in [6, 6.07) is 10.0. The maximum atomic E-state index is 13.0. The number of amides is 2. The van der Waals surface area contributed by atoms with Crippen LogP contribution in [0.4, 0.5) is 5.69 Å². The van der Waals surface area contributed by atoms with Crippen LogP contribution in [0.1, 0.15) is 11.1 Å². The van der Waals surface area contributed by atoms with E-state index in [0.717, 1.165) is 11.3 Å². The number of nitrogens with one attached hydrogen (secondary N) is 1. The molecule has 0 saturated carbocycles. The second kappa shape index (κ2) is 7.68. The molecule has 138 valence electrons. The molecule has 0 atom stereocenters. The van der Waals surface area contributed by atoms with E-state index < -0.39 is 11.8 Å². The Morgan fingerprint density at radius 1 is 1.11 bits per heavy atom. The lowest BCUT2D eigenvalue weighted by Gasteiger charge is -2.29. The average molecular weight is 421 g/mol. The Bertz CT molecular complexity index is 1000. The summed E-state index contributed by atoms with van der Waals surface area (Å²) in [6.45, 7) is 1.88. The molecule has 5 nitrogen and oxygen atoms in total. The van der Waals surface area contributed by atoms with Crippen LogP contribution in [0.5, 0.6) is 5.75 Å². The quantitative estimate of drug-likeness (QED) is 0.460. The third-order valence-electron chi connectivity index (χ3n) is 3.99. The van der Waals surface area contributed by atoms with Crippen molar-refractivity contribution >= 4 is 64.1 Å². The van der Waals surface area contributed by atoms with Crippen LogP contribution in [0.25, 0.3) is 6.08 Å². The molecule has 0 unspecified atom stereocenters. The van der Waals surface area contributed by atoms with Crippen molar-refractivity contribution in [1.29, 1.82) is 0 Å². The zero-order chi connectivity index (χ0) is 19.7. The van der Waals surface area contributed by atoms with Crippen molar-refractivity contribution < 1.29 is 14.3 Å². The van der Waals surface area contributed by atoms with Gasteiger partial charge >= 0.3 is 0 Å². The third kappa shape index (κ3) is 3.83. The van der Waals surface area contributed by atoms with E-state index >= 15 is 0 Å². The number of ether oxygens (including phenoxy) is 1. The van der Waals surface area contributed by atoms with Crippen molar-refractivity contribution in [3.05, 3.63) is 63.1 Å². The number of carbonyl (C=O) groups excluding carboxylic acids is 2. The van der Waals surface area contributed by atoms with E-state index in [4.69, 9.17) is 40.2 Å². The zero-order valence-electron chi connectivity index (χ0n) is 14.4. The summed E-state index contributed by atoms with van der Waals surface area (Å²) in [6.07, 6.45) is 1.51. The van der Waals surface area contributed by atoms with Gasteiger partial charge in [-0.05, 0) is 66.7 Å². The van der Waals surface area contributed by atoms with Gasteiger partial charge in [-0.2, -0.15) is 0 Å². The monoisotopic (exact) mass is 420 g/mol. The van der Waals surface area contributed by atoms with Gasteiger partial charge in [-0.1, -0.05) is 29.3 Å². The summed E-state index contributed by atoms with van der Waals surface area (Å²) in [5.41, 5.74) is 1.94. The largest absolute Gasteiger partial charge is 0.496 e. The van der Waals surface area contributed by atoms with Gasteiger partial charge in [0, 0.05) is 0 Å². The number of nitrogens with zero attached hydrogens (tertiary/aromatic N) is 1. The predicted octanol–water partition coefficient (Wildman–Crippen LogP) is 4.14. The highest BCUT2D eigenvalue weighted by atomic mass is 35.5. The lowest BCUT2D eigenvalue weighted by molar-refractivity contribution is -0.122. The molecule has 1 heterocycles. The molecule has 0 aliphatic carbocycles. The highest BCUT2D eigenvalue weighted by molar-refractivity contribution is 7.80. The number of methoxy groups -OCH3 is 1. The van der Waals surface area contributed by atoms with Crippen molar-refractivity contribution in [1.82, 2.24) is 5.32 Å². The number of halogens is 2. The molecule has 2 aromatic carbocycles. The van der Waals surface area contributed by atoms with Crippen molar-refractivity contribution in [2.75, 3.05) is 12.0 Å². The van der Waals surface area contributed by atoms with E-state index in [0.29, 0.717) is 16.3 Å². The molecule has 8 heteroatoms. The number of carbonyl (C=O) groups is 2. The minimum absolute atomic E-state index is 0.0218. The first-order chi connectivity index (χ1) is 12.8. The van der Waals surface area contributed by atoms with E-state index in [-0.39, 0.29) is 15.7 Å². The van der Waals surface area contributed by atoms with Crippen molar-refractivity contribution in [2.45, 2.75) is 6.92 Å². The van der Waals surface area contributed by atoms with Crippen LogP contribution in [0, 0.1) is 6.92 Å². The fourth-order valence-electron chi connectivity index (χ4n) is 2.67. The first-order valence-electron chi connectivity index (χ1n) is 7.83. The van der Waals surface area contributed by atoms with Gasteiger partial charge < -0.3 is 4.74 Å². The van der Waals surface area contributed by atoms with E-state index in [1.165, 1.54) is 17.0 Å². The molecule has 0 spiro atoms. The maximum Gasteiger partial charge on any atom is 0.270 e. The maximum absolute atomic E-state index is 13.0. The van der Waals surface area contributed by atoms with Gasteiger partial charge in [0.05, 0.1) is 22.8 Å². The first-order valence-corrected chi connectivity index (χ1v) is 8.99. The third-order valence-corrected chi connectivity index (χ3v) is 5.02. The van der Waals surface area contributed by atoms with Gasteiger partial charge in [-0.3, -0.25) is 19.8 Å². The smallest absolute Gasteiger partial charge is 0.270 e. The van der Waals surface area contributed by atoms with Crippen LogP contribution < -0.4 is 15.0 Å². The molecular weight excluding hydrogens is 407 g/mol. The Balaban J connectivity index is 2.01. The van der Waals surface area contributed by atoms with Gasteiger partial charge in [-0.15, -0.1) is 0 Å². The average Bonchev–Trinajstić information content (AvgIpc) is 2.61. The van der Waals surface area contributed by atoms with Crippen LogP contribution in [-0.2, 0) is 9.59 Å². The van der Waals surface area contributed by atoms with Crippen molar-refractivity contribution in [3.8, 4) is 5.75 Å². The standard InChI is InChI=1S/C19H14Cl2N2O3S/c1-10-7-11(3-6-16(10)26-2)8-13-17(24)22-19(27)23(18(13)25)12-4-5-14(20)15(21)9-12/h3-9H,1-2H3,(H,22,24,27). The lowest BCUT2D eigenvalue weighted by Crippen LogP contribution is -2.54. The summed E-state index contributed by atoms with van der Waals surface area (Å²) < 4.78 is 5.23. The molecule has 1 saturated heterocycles. The molecule has 3 rings (SSSR count). The first kappa shape index (κ1) is 19.4. The molecule has 1 fully saturated rings. The zero-order valence-corrected chi connectivity index (χ0v) is 16.7. The summed E-state index contributed by atoms with van der Waals surface area (Å²) >= 11 is 17.1. The topological polar surface area (TPSA) is 58.6 Å². The molecule has 2 aromatic rings. The van der Waals surface area contributed by atoms with Gasteiger partial charge in [0.2, 0.25) is 0 Å². The number of thiocarbonyl (C=S) groups is 1. The van der Waals surface area contributed by atoms with Crippen molar-refractivity contribution in [3.63, 3.8) is 0 Å². The molecule has 0 radical (unpaired) electrons. The highest BCUT2D eigenvalue weighted by Gasteiger charge is 2.34. The van der Waals surface area contributed by atoms with Gasteiger partial charge in [0.15, 0.2) is 5.11 Å². The Kier molecular flexibility index (Phi) is 5.51. The molecule has 0 aromatic heterocycles. The Hall–Kier alpha value is -2.41. The Labute approximate surface area is 171 Å². The minimum atomic E-state index is -0.560. The summed E-state index contributed by atoms with van der Waals surface area (Å²) in [4.78, 5) is 26.5. The fraction of sp³-hybridized carbons (Fsp3) is 0.105. The fourth-order valence-corrected chi connectivity index (χ4v) is 3.25. The van der Waals surface area contributed by atoms with Gasteiger partial charge in [-0.25, -0.2) is 0 Å². The van der Waals surface area contributed by atoms with E-state index in [9.17, 15) is 9.59 Å². The van der Waals surface area contributed by atoms with Crippen molar-refractivity contribution in [2.24, 2.45) is 0 Å². The van der Waals surface area contributed by atoms with Gasteiger partial charge in [0.25, 0.3) is 11.8 Å². The van der Waals surface area contributed by atoms with Crippen LogP contribution >= 0.6 is 35.4 Å². The lowest BCUT2D eigenvalue weighted by atomic mass is 10.0. The molecular formula is C19H14Cl2N2O3S. The SMILES string of the molecule is COc1ccc(C=C2C(=O)NC(=S)N(c3ccc(Cl)c(Cl)c3)C2=O)cc1C. The number of aryl methyl sites for hydroxylation is 1. The Morgan fingerprint density at radius 3 is 2.48 bits per heavy atom. The van der Waals surface area contributed by atoms with Crippen LogP contribution in [-0.4, -0.2) is 24.0 Å². The number of anilines is 1. The molecule has 1 N–H and O–H groups in total. The van der Waals surface area contributed by atoms with Crippen LogP contribution in [0.15, 0.2) is 42.0 Å². The van der Waals surface area contributed by atoms with Gasteiger partial charge in [0.1, 0.15) is 11.3 Å². The van der Waals surface area contributed by atoms with Crippen LogP contribution in [0.3, 0.4) is 0 Å². The highest BCUT2D eigenvalue weighted by Crippen LogP contribution is 2.29. The Morgan fingerprint density at radius 2 is 1.85 bits per heavy atom. The minimum Gasteiger partial charge on any atom is -0.496 e. The predicted molar refractivity (Wildman–Crippen MR) is 110 cm³/mol. The molecule has 2 amide bonds. The second-order valence-corrected chi connectivity index (χ2v) is 6.99. The number of hydrogen-bond acceptors (Lipinski definition) is 4. The number of benzene rings is 2. The number of rotatable bonds is 3. The van der Waals surface area contributed by atoms with E-state index in [2.05, 4.69) is 5.32 Å². The summed E-state index contributed by atoms with van der Waals surface area (Å²) in [5, 5.41) is 3.13. The molecule has 1 aliphatic rings. The molecule has 27 heavy (non-hydrogen) atoms. The molecule has 1 aliphatic heterocycles. The summed E-state index contributed by atoms with van der Waals surface area (Å²) in [5.74, 6) is -0.388. The second-order valence-electron chi connectivity index (χ2n) is 5.79. The van der Waals surface area contributed by atoms with E-state index in [1.54, 1.807) is 31.4 Å². The van der Waals surface area contributed by atoms with Crippen LogP contribution in [0.2, 0.25) is 10.0 Å². The number of hydrogen-bond donors (Lipinski definition) is 1. The normalized spacial score (nSPS) is 15.9.